The molecule has 7 heteroatoms. The van der Waals surface area contributed by atoms with Crippen LogP contribution in [0.4, 0.5) is 13.2 Å². The van der Waals surface area contributed by atoms with Gasteiger partial charge in [-0.15, -0.1) is 24.8 Å². The first-order valence-corrected chi connectivity index (χ1v) is 5.55. The lowest BCUT2D eigenvalue weighted by atomic mass is 10.1. The highest BCUT2D eigenvalue weighted by Crippen LogP contribution is 2.27. The number of carboxylic acids is 1. The van der Waals surface area contributed by atoms with Crippen LogP contribution in [0.3, 0.4) is 0 Å². The van der Waals surface area contributed by atoms with Gasteiger partial charge in [0, 0.05) is 17.9 Å². The van der Waals surface area contributed by atoms with Crippen LogP contribution in [-0.2, 0) is 0 Å². The number of benzene rings is 1. The van der Waals surface area contributed by atoms with Crippen LogP contribution >= 0.6 is 11.6 Å². The van der Waals surface area contributed by atoms with Crippen LogP contribution in [0, 0.1) is 11.8 Å². The number of hydrogen-bond donors (Lipinski definition) is 1. The molecule has 0 spiro atoms. The molecule has 0 radical (unpaired) electrons. The highest BCUT2D eigenvalue weighted by Gasteiger charge is 2.33. The first-order chi connectivity index (χ1) is 8.83. The van der Waals surface area contributed by atoms with Crippen molar-refractivity contribution in [1.29, 1.82) is 0 Å². The standard InChI is InChI=1S/C12H8ClF3O3/c13-6-2-1-3-8-4-5-9(11(17)18)10(7-8)19-12(14,15)16/h4-5,7H,2,6H2,(H,17,18). The van der Waals surface area contributed by atoms with E-state index in [2.05, 4.69) is 16.6 Å². The Kier molecular flexibility index (Phi) is 5.07. The van der Waals surface area contributed by atoms with E-state index in [-0.39, 0.29) is 5.56 Å². The highest BCUT2D eigenvalue weighted by atomic mass is 35.5. The van der Waals surface area contributed by atoms with Gasteiger partial charge in [0.25, 0.3) is 0 Å². The van der Waals surface area contributed by atoms with Crippen molar-refractivity contribution in [2.45, 2.75) is 12.8 Å². The van der Waals surface area contributed by atoms with Crippen LogP contribution in [0.1, 0.15) is 22.3 Å². The zero-order valence-electron chi connectivity index (χ0n) is 9.42. The second kappa shape index (κ2) is 6.34. The van der Waals surface area contributed by atoms with Gasteiger partial charge >= 0.3 is 12.3 Å². The van der Waals surface area contributed by atoms with Gasteiger partial charge in [0.1, 0.15) is 11.3 Å². The SMILES string of the molecule is O=C(O)c1ccc(C#CCCCl)cc1OC(F)(F)F. The Bertz CT molecular complexity index is 529. The smallest absolute Gasteiger partial charge is 0.478 e. The first-order valence-electron chi connectivity index (χ1n) is 5.01. The number of carboxylic acid groups (broad SMARTS) is 1. The van der Waals surface area contributed by atoms with Gasteiger partial charge in [-0.2, -0.15) is 0 Å². The van der Waals surface area contributed by atoms with Crippen molar-refractivity contribution in [3.05, 3.63) is 29.3 Å². The number of halogens is 4. The molecule has 0 heterocycles. The number of ether oxygens (including phenoxy) is 1. The molecule has 0 atom stereocenters. The summed E-state index contributed by atoms with van der Waals surface area (Å²) in [5, 5.41) is 8.77. The van der Waals surface area contributed by atoms with Crippen molar-refractivity contribution in [1.82, 2.24) is 0 Å². The maximum absolute atomic E-state index is 12.2. The van der Waals surface area contributed by atoms with Gasteiger partial charge in [0.15, 0.2) is 0 Å². The average Bonchev–Trinajstić information content (AvgIpc) is 2.27. The number of aromatic carboxylic acids is 1. The highest BCUT2D eigenvalue weighted by molar-refractivity contribution is 6.18. The molecule has 1 N–H and O–H groups in total. The van der Waals surface area contributed by atoms with E-state index in [1.54, 1.807) is 0 Å². The number of rotatable bonds is 3. The number of hydrogen-bond acceptors (Lipinski definition) is 2. The third-order valence-electron chi connectivity index (χ3n) is 1.89. The van der Waals surface area contributed by atoms with Crippen molar-refractivity contribution < 1.29 is 27.8 Å². The minimum Gasteiger partial charge on any atom is -0.478 e. The van der Waals surface area contributed by atoms with Gasteiger partial charge in [-0.05, 0) is 18.2 Å². The predicted molar refractivity (Wildman–Crippen MR) is 62.3 cm³/mol. The van der Waals surface area contributed by atoms with Crippen molar-refractivity contribution in [3.63, 3.8) is 0 Å². The minimum absolute atomic E-state index is 0.217. The molecule has 19 heavy (non-hydrogen) atoms. The largest absolute Gasteiger partial charge is 0.573 e. The molecular formula is C12H8ClF3O3. The topological polar surface area (TPSA) is 46.5 Å². The Morgan fingerprint density at radius 1 is 1.42 bits per heavy atom. The summed E-state index contributed by atoms with van der Waals surface area (Å²) >= 11 is 5.40. The Labute approximate surface area is 111 Å². The summed E-state index contributed by atoms with van der Waals surface area (Å²) in [4.78, 5) is 10.8. The van der Waals surface area contributed by atoms with E-state index in [4.69, 9.17) is 16.7 Å². The Balaban J connectivity index is 3.12. The maximum Gasteiger partial charge on any atom is 0.573 e. The maximum atomic E-state index is 12.2. The van der Waals surface area contributed by atoms with Gasteiger partial charge in [-0.25, -0.2) is 4.79 Å². The van der Waals surface area contributed by atoms with Crippen molar-refractivity contribution in [2.24, 2.45) is 0 Å². The van der Waals surface area contributed by atoms with Crippen LogP contribution in [0.2, 0.25) is 0 Å². The van der Waals surface area contributed by atoms with Gasteiger partial charge < -0.3 is 9.84 Å². The Morgan fingerprint density at radius 2 is 2.11 bits per heavy atom. The fraction of sp³-hybridized carbons (Fsp3) is 0.250. The Morgan fingerprint density at radius 3 is 2.63 bits per heavy atom. The van der Waals surface area contributed by atoms with E-state index < -0.39 is 23.6 Å². The molecule has 0 aliphatic heterocycles. The molecule has 0 amide bonds. The molecule has 1 rings (SSSR count). The second-order valence-electron chi connectivity index (χ2n) is 3.30. The second-order valence-corrected chi connectivity index (χ2v) is 3.68. The molecule has 0 unspecified atom stereocenters. The molecule has 0 aliphatic rings. The molecular weight excluding hydrogens is 285 g/mol. The lowest BCUT2D eigenvalue weighted by Crippen LogP contribution is -2.19. The fourth-order valence-corrected chi connectivity index (χ4v) is 1.29. The van der Waals surface area contributed by atoms with E-state index in [9.17, 15) is 18.0 Å². The Hall–Kier alpha value is -1.87. The molecule has 0 aliphatic carbocycles. The van der Waals surface area contributed by atoms with Crippen LogP contribution in [0.5, 0.6) is 5.75 Å². The lowest BCUT2D eigenvalue weighted by Gasteiger charge is -2.11. The summed E-state index contributed by atoms with van der Waals surface area (Å²) in [7, 11) is 0. The summed E-state index contributed by atoms with van der Waals surface area (Å²) in [5.41, 5.74) is -0.366. The van der Waals surface area contributed by atoms with Gasteiger partial charge in [0.05, 0.1) is 0 Å². The van der Waals surface area contributed by atoms with Crippen molar-refractivity contribution in [2.75, 3.05) is 5.88 Å². The minimum atomic E-state index is -4.97. The lowest BCUT2D eigenvalue weighted by molar-refractivity contribution is -0.274. The molecule has 0 saturated heterocycles. The quantitative estimate of drug-likeness (QED) is 0.687. The summed E-state index contributed by atoms with van der Waals surface area (Å²) in [6.07, 6.45) is -4.59. The van der Waals surface area contributed by atoms with Crippen LogP contribution < -0.4 is 4.74 Å². The molecule has 1 aromatic rings. The van der Waals surface area contributed by atoms with Gasteiger partial charge in [0.2, 0.25) is 0 Å². The monoisotopic (exact) mass is 292 g/mol. The summed E-state index contributed by atoms with van der Waals surface area (Å²) < 4.78 is 40.1. The van der Waals surface area contributed by atoms with Crippen LogP contribution in [0.15, 0.2) is 18.2 Å². The molecule has 0 fully saturated rings. The fourth-order valence-electron chi connectivity index (χ4n) is 1.20. The first kappa shape index (κ1) is 15.2. The summed E-state index contributed by atoms with van der Waals surface area (Å²) in [5.74, 6) is 3.18. The van der Waals surface area contributed by atoms with Gasteiger partial charge in [-0.3, -0.25) is 0 Å². The van der Waals surface area contributed by atoms with Crippen LogP contribution in [-0.4, -0.2) is 23.3 Å². The molecule has 0 aromatic heterocycles. The third-order valence-corrected chi connectivity index (χ3v) is 2.08. The van der Waals surface area contributed by atoms with E-state index >= 15 is 0 Å². The van der Waals surface area contributed by atoms with Gasteiger partial charge in [-0.1, -0.05) is 11.8 Å². The normalized spacial score (nSPS) is 10.5. The summed E-state index contributed by atoms with van der Waals surface area (Å²) in [6.45, 7) is 0. The average molecular weight is 293 g/mol. The molecule has 0 bridgehead atoms. The number of alkyl halides is 4. The third kappa shape index (κ3) is 5.10. The van der Waals surface area contributed by atoms with E-state index in [1.807, 2.05) is 0 Å². The zero-order valence-corrected chi connectivity index (χ0v) is 10.2. The predicted octanol–water partition coefficient (Wildman–Crippen LogP) is 3.26. The van der Waals surface area contributed by atoms with Crippen molar-refractivity contribution in [3.8, 4) is 17.6 Å². The molecule has 1 aromatic carbocycles. The molecule has 0 saturated carbocycles. The zero-order chi connectivity index (χ0) is 14.5. The van der Waals surface area contributed by atoms with Crippen molar-refractivity contribution >= 4 is 17.6 Å². The van der Waals surface area contributed by atoms with E-state index in [0.29, 0.717) is 12.3 Å². The number of carbonyl (C=O) groups is 1. The summed E-state index contributed by atoms with van der Waals surface area (Å²) in [6, 6.07) is 3.24. The molecule has 3 nitrogen and oxygen atoms in total. The van der Waals surface area contributed by atoms with E-state index in [1.165, 1.54) is 6.07 Å². The van der Waals surface area contributed by atoms with E-state index in [0.717, 1.165) is 12.1 Å². The van der Waals surface area contributed by atoms with Crippen LogP contribution in [0.25, 0.3) is 0 Å². The molecule has 102 valence electrons.